The van der Waals surface area contributed by atoms with E-state index in [0.29, 0.717) is 22.4 Å². The quantitative estimate of drug-likeness (QED) is 0.631. The van der Waals surface area contributed by atoms with Crippen molar-refractivity contribution in [2.45, 2.75) is 5.54 Å². The van der Waals surface area contributed by atoms with Crippen LogP contribution >= 0.6 is 0 Å². The van der Waals surface area contributed by atoms with E-state index in [4.69, 9.17) is 5.26 Å². The van der Waals surface area contributed by atoms with Gasteiger partial charge < -0.3 is 10.6 Å². The van der Waals surface area contributed by atoms with Gasteiger partial charge >= 0.3 is 6.03 Å². The van der Waals surface area contributed by atoms with Gasteiger partial charge in [0.2, 0.25) is 5.91 Å². The number of rotatable bonds is 5. The minimum absolute atomic E-state index is 0.438. The molecule has 152 valence electrons. The number of nitrogens with zero attached hydrogens (tertiary/aromatic N) is 2. The summed E-state index contributed by atoms with van der Waals surface area (Å²) in [5.74, 6) is -1.05. The van der Waals surface area contributed by atoms with Crippen LogP contribution in [-0.4, -0.2) is 29.3 Å². The highest BCUT2D eigenvalue weighted by molar-refractivity contribution is 6.12. The minimum atomic E-state index is -1.41. The molecule has 0 bridgehead atoms. The number of hydrogen-bond donors (Lipinski definition) is 2. The third kappa shape index (κ3) is 3.63. The molecule has 3 aromatic rings. The first-order valence-corrected chi connectivity index (χ1v) is 9.60. The fraction of sp³-hybridized carbons (Fsp3) is 0.0833. The standard InChI is InChI=1S/C24H18N4O3/c25-15-17-11-13-20(14-12-17)26-21(29)16-28-22(30)24(27-23(28)31,18-7-3-1-4-8-18)19-9-5-2-6-10-19/h1-14H,16H2,(H,26,29)(H,27,31). The summed E-state index contributed by atoms with van der Waals surface area (Å²) in [6.07, 6.45) is 0. The predicted octanol–water partition coefficient (Wildman–Crippen LogP) is 2.99. The molecule has 7 nitrogen and oxygen atoms in total. The van der Waals surface area contributed by atoms with E-state index in [2.05, 4.69) is 10.6 Å². The molecule has 31 heavy (non-hydrogen) atoms. The van der Waals surface area contributed by atoms with E-state index in [0.717, 1.165) is 4.90 Å². The van der Waals surface area contributed by atoms with Crippen LogP contribution in [0.1, 0.15) is 16.7 Å². The molecule has 1 aliphatic rings. The molecular weight excluding hydrogens is 392 g/mol. The summed E-state index contributed by atoms with van der Waals surface area (Å²) in [5.41, 5.74) is 0.731. The van der Waals surface area contributed by atoms with Crippen LogP contribution in [0.3, 0.4) is 0 Å². The van der Waals surface area contributed by atoms with Gasteiger partial charge in [0.25, 0.3) is 5.91 Å². The van der Waals surface area contributed by atoms with Crippen molar-refractivity contribution in [1.29, 1.82) is 5.26 Å². The van der Waals surface area contributed by atoms with Crippen LogP contribution in [0.25, 0.3) is 0 Å². The molecular formula is C24H18N4O3. The molecule has 1 saturated heterocycles. The van der Waals surface area contributed by atoms with Gasteiger partial charge in [-0.05, 0) is 35.4 Å². The average Bonchev–Trinajstić information content (AvgIpc) is 3.06. The van der Waals surface area contributed by atoms with Gasteiger partial charge in [-0.3, -0.25) is 14.5 Å². The molecule has 7 heteroatoms. The molecule has 0 unspecified atom stereocenters. The average molecular weight is 410 g/mol. The SMILES string of the molecule is N#Cc1ccc(NC(=O)CN2C(=O)NC(c3ccccc3)(c3ccccc3)C2=O)cc1. The van der Waals surface area contributed by atoms with E-state index in [1.165, 1.54) is 0 Å². The Morgan fingerprint density at radius 1 is 0.903 bits per heavy atom. The molecule has 4 amide bonds. The molecule has 1 fully saturated rings. The monoisotopic (exact) mass is 410 g/mol. The highest BCUT2D eigenvalue weighted by Crippen LogP contribution is 2.35. The highest BCUT2D eigenvalue weighted by Gasteiger charge is 2.54. The number of anilines is 1. The zero-order valence-electron chi connectivity index (χ0n) is 16.4. The van der Waals surface area contributed by atoms with Gasteiger partial charge in [0.05, 0.1) is 11.6 Å². The fourth-order valence-electron chi connectivity index (χ4n) is 3.63. The number of benzene rings is 3. The van der Waals surface area contributed by atoms with E-state index in [1.54, 1.807) is 72.8 Å². The van der Waals surface area contributed by atoms with Crippen molar-refractivity contribution in [2.75, 3.05) is 11.9 Å². The second-order valence-corrected chi connectivity index (χ2v) is 7.04. The summed E-state index contributed by atoms with van der Waals surface area (Å²) in [4.78, 5) is 39.8. The molecule has 0 saturated carbocycles. The summed E-state index contributed by atoms with van der Waals surface area (Å²) in [5, 5.41) is 14.3. The van der Waals surface area contributed by atoms with Gasteiger partial charge in [-0.25, -0.2) is 4.79 Å². The first kappa shape index (κ1) is 19.9. The van der Waals surface area contributed by atoms with Gasteiger partial charge in [-0.1, -0.05) is 60.7 Å². The van der Waals surface area contributed by atoms with E-state index >= 15 is 0 Å². The molecule has 4 rings (SSSR count). The highest BCUT2D eigenvalue weighted by atomic mass is 16.2. The van der Waals surface area contributed by atoms with Crippen LogP contribution in [0.4, 0.5) is 10.5 Å². The second kappa shape index (κ2) is 8.13. The van der Waals surface area contributed by atoms with Gasteiger partial charge in [0.1, 0.15) is 6.54 Å². The Balaban J connectivity index is 1.61. The van der Waals surface area contributed by atoms with Crippen LogP contribution in [0.5, 0.6) is 0 Å². The van der Waals surface area contributed by atoms with Crippen LogP contribution in [0.15, 0.2) is 84.9 Å². The number of nitrogens with one attached hydrogen (secondary N) is 2. The Morgan fingerprint density at radius 2 is 1.45 bits per heavy atom. The molecule has 0 aliphatic carbocycles. The lowest BCUT2D eigenvalue weighted by Crippen LogP contribution is -2.45. The third-order valence-corrected chi connectivity index (χ3v) is 5.12. The Labute approximate surface area is 178 Å². The minimum Gasteiger partial charge on any atom is -0.325 e. The second-order valence-electron chi connectivity index (χ2n) is 7.04. The van der Waals surface area contributed by atoms with E-state index in [-0.39, 0.29) is 0 Å². The smallest absolute Gasteiger partial charge is 0.325 e. The van der Waals surface area contributed by atoms with Crippen molar-refractivity contribution in [2.24, 2.45) is 0 Å². The van der Waals surface area contributed by atoms with Crippen molar-refractivity contribution >= 4 is 23.5 Å². The fourth-order valence-corrected chi connectivity index (χ4v) is 3.63. The predicted molar refractivity (Wildman–Crippen MR) is 114 cm³/mol. The van der Waals surface area contributed by atoms with Gasteiger partial charge in [0.15, 0.2) is 5.54 Å². The molecule has 3 aromatic carbocycles. The number of carbonyl (C=O) groups excluding carboxylic acids is 3. The van der Waals surface area contributed by atoms with Crippen LogP contribution in [0, 0.1) is 11.3 Å². The maximum atomic E-state index is 13.5. The number of hydrogen-bond acceptors (Lipinski definition) is 4. The zero-order valence-corrected chi connectivity index (χ0v) is 16.4. The Bertz CT molecular complexity index is 1130. The molecule has 0 aromatic heterocycles. The topological polar surface area (TPSA) is 102 Å². The number of nitriles is 1. The lowest BCUT2D eigenvalue weighted by Gasteiger charge is -2.28. The molecule has 1 aliphatic heterocycles. The van der Waals surface area contributed by atoms with Gasteiger partial charge in [-0.2, -0.15) is 5.26 Å². The Hall–Kier alpha value is -4.44. The molecule has 2 N–H and O–H groups in total. The number of urea groups is 1. The largest absolute Gasteiger partial charge is 0.326 e. The van der Waals surface area contributed by atoms with Gasteiger partial charge in [0, 0.05) is 5.69 Å². The number of imide groups is 1. The van der Waals surface area contributed by atoms with Crippen molar-refractivity contribution < 1.29 is 14.4 Å². The van der Waals surface area contributed by atoms with E-state index in [9.17, 15) is 14.4 Å². The zero-order chi connectivity index (χ0) is 21.8. The summed E-state index contributed by atoms with van der Waals surface area (Å²) in [6.45, 7) is -0.438. The van der Waals surface area contributed by atoms with Gasteiger partial charge in [-0.15, -0.1) is 0 Å². The lowest BCUT2D eigenvalue weighted by molar-refractivity contribution is -0.133. The Morgan fingerprint density at radius 3 is 1.97 bits per heavy atom. The third-order valence-electron chi connectivity index (χ3n) is 5.12. The Kier molecular flexibility index (Phi) is 5.21. The number of carbonyl (C=O) groups is 3. The molecule has 0 radical (unpaired) electrons. The summed E-state index contributed by atoms with van der Waals surface area (Å²) in [6, 6.07) is 25.6. The van der Waals surface area contributed by atoms with Crippen molar-refractivity contribution in [3.8, 4) is 6.07 Å². The summed E-state index contributed by atoms with van der Waals surface area (Å²) >= 11 is 0. The normalized spacial score (nSPS) is 14.6. The van der Waals surface area contributed by atoms with Crippen LogP contribution in [0.2, 0.25) is 0 Å². The van der Waals surface area contributed by atoms with Crippen LogP contribution < -0.4 is 10.6 Å². The number of amides is 4. The van der Waals surface area contributed by atoms with E-state index in [1.807, 2.05) is 18.2 Å². The maximum Gasteiger partial charge on any atom is 0.326 e. The van der Waals surface area contributed by atoms with Crippen molar-refractivity contribution in [1.82, 2.24) is 10.2 Å². The molecule has 0 atom stereocenters. The van der Waals surface area contributed by atoms with Crippen LogP contribution in [-0.2, 0) is 15.1 Å². The molecule has 1 heterocycles. The van der Waals surface area contributed by atoms with E-state index < -0.39 is 29.9 Å². The van der Waals surface area contributed by atoms with Crippen molar-refractivity contribution in [3.05, 3.63) is 102 Å². The first-order chi connectivity index (χ1) is 15.0. The summed E-state index contributed by atoms with van der Waals surface area (Å²) < 4.78 is 0. The van der Waals surface area contributed by atoms with Crippen molar-refractivity contribution in [3.63, 3.8) is 0 Å². The maximum absolute atomic E-state index is 13.5. The molecule has 0 spiro atoms. The first-order valence-electron chi connectivity index (χ1n) is 9.60. The summed E-state index contributed by atoms with van der Waals surface area (Å²) in [7, 11) is 0. The lowest BCUT2D eigenvalue weighted by atomic mass is 9.82.